The molecule has 1 aliphatic carbocycles. The van der Waals surface area contributed by atoms with Crippen LogP contribution in [0, 0.1) is 0 Å². The van der Waals surface area contributed by atoms with Crippen molar-refractivity contribution in [2.45, 2.75) is 44.7 Å². The van der Waals surface area contributed by atoms with Crippen LogP contribution in [0.2, 0.25) is 0 Å². The summed E-state index contributed by atoms with van der Waals surface area (Å²) in [6.07, 6.45) is 12.2. The summed E-state index contributed by atoms with van der Waals surface area (Å²) in [5.74, 6) is 0.650. The van der Waals surface area contributed by atoms with Crippen molar-refractivity contribution < 1.29 is 4.79 Å². The van der Waals surface area contributed by atoms with Gasteiger partial charge >= 0.3 is 0 Å². The molecule has 3 aromatic rings. The fourth-order valence-corrected chi connectivity index (χ4v) is 3.60. The topological polar surface area (TPSA) is 76.8 Å². The van der Waals surface area contributed by atoms with Crippen LogP contribution in [-0.2, 0) is 6.54 Å². The van der Waals surface area contributed by atoms with Crippen LogP contribution in [0.25, 0.3) is 5.82 Å². The van der Waals surface area contributed by atoms with Crippen LogP contribution in [0.15, 0.2) is 55.4 Å². The molecule has 138 valence electrons. The molecule has 7 nitrogen and oxygen atoms in total. The molecule has 1 saturated carbocycles. The van der Waals surface area contributed by atoms with Crippen LogP contribution >= 0.6 is 0 Å². The number of rotatable bonds is 5. The predicted molar refractivity (Wildman–Crippen MR) is 100 cm³/mol. The smallest absolute Gasteiger partial charge is 0.254 e. The van der Waals surface area contributed by atoms with Crippen LogP contribution in [-0.4, -0.2) is 41.6 Å². The van der Waals surface area contributed by atoms with E-state index in [4.69, 9.17) is 0 Å². The number of hydrogen-bond acceptors (Lipinski definition) is 5. The highest BCUT2D eigenvalue weighted by atomic mass is 16.2. The Labute approximate surface area is 158 Å². The molecule has 7 heteroatoms. The van der Waals surface area contributed by atoms with E-state index in [0.717, 1.165) is 18.5 Å². The zero-order chi connectivity index (χ0) is 18.5. The van der Waals surface area contributed by atoms with E-state index in [-0.39, 0.29) is 11.9 Å². The van der Waals surface area contributed by atoms with E-state index in [2.05, 4.69) is 20.2 Å². The van der Waals surface area contributed by atoms with E-state index in [0.29, 0.717) is 17.9 Å². The second-order valence-corrected chi connectivity index (χ2v) is 6.82. The van der Waals surface area contributed by atoms with Gasteiger partial charge in [-0.25, -0.2) is 4.98 Å². The Bertz CT molecular complexity index is 875. The Hall–Kier alpha value is -3.09. The van der Waals surface area contributed by atoms with Gasteiger partial charge in [0.15, 0.2) is 0 Å². The average molecular weight is 362 g/mol. The van der Waals surface area contributed by atoms with E-state index >= 15 is 0 Å². The molecule has 0 aromatic carbocycles. The van der Waals surface area contributed by atoms with Gasteiger partial charge in [0.1, 0.15) is 18.5 Å². The minimum Gasteiger partial charge on any atom is -0.330 e. The molecule has 0 bridgehead atoms. The Kier molecular flexibility index (Phi) is 5.18. The normalized spacial score (nSPS) is 14.8. The lowest BCUT2D eigenvalue weighted by Gasteiger charge is -2.34. The second-order valence-electron chi connectivity index (χ2n) is 6.82. The first-order valence-electron chi connectivity index (χ1n) is 9.33. The van der Waals surface area contributed by atoms with Gasteiger partial charge in [0.25, 0.3) is 5.91 Å². The molecule has 0 saturated heterocycles. The lowest BCUT2D eigenvalue weighted by Crippen LogP contribution is -2.41. The highest BCUT2D eigenvalue weighted by Crippen LogP contribution is 2.25. The SMILES string of the molecule is O=C(c1ccnc(-n2cnnc2)c1)N(Cc1ccccn1)C1CCCCC1. The number of nitrogens with zero attached hydrogens (tertiary/aromatic N) is 6. The van der Waals surface area contributed by atoms with Gasteiger partial charge in [-0.05, 0) is 37.1 Å². The summed E-state index contributed by atoms with van der Waals surface area (Å²) in [6.45, 7) is 0.522. The number of aromatic nitrogens is 5. The van der Waals surface area contributed by atoms with Crippen LogP contribution in [0.3, 0.4) is 0 Å². The maximum absolute atomic E-state index is 13.4. The molecule has 27 heavy (non-hydrogen) atoms. The number of amides is 1. The summed E-state index contributed by atoms with van der Waals surface area (Å²) in [7, 11) is 0. The van der Waals surface area contributed by atoms with Crippen LogP contribution in [0.1, 0.15) is 48.2 Å². The molecule has 0 radical (unpaired) electrons. The molecule has 1 aliphatic rings. The Morgan fingerprint density at radius 3 is 2.59 bits per heavy atom. The van der Waals surface area contributed by atoms with Crippen molar-refractivity contribution in [2.75, 3.05) is 0 Å². The number of pyridine rings is 2. The van der Waals surface area contributed by atoms with Crippen molar-refractivity contribution in [2.24, 2.45) is 0 Å². The van der Waals surface area contributed by atoms with Crippen molar-refractivity contribution in [1.82, 2.24) is 29.6 Å². The van der Waals surface area contributed by atoms with E-state index in [9.17, 15) is 4.79 Å². The summed E-state index contributed by atoms with van der Waals surface area (Å²) in [5, 5.41) is 7.61. The largest absolute Gasteiger partial charge is 0.330 e. The Morgan fingerprint density at radius 1 is 1.04 bits per heavy atom. The van der Waals surface area contributed by atoms with Gasteiger partial charge in [-0.15, -0.1) is 10.2 Å². The lowest BCUT2D eigenvalue weighted by atomic mass is 9.93. The third-order valence-corrected chi connectivity index (χ3v) is 5.01. The third kappa shape index (κ3) is 4.02. The van der Waals surface area contributed by atoms with Crippen LogP contribution in [0.5, 0.6) is 0 Å². The predicted octanol–water partition coefficient (Wildman–Crippen LogP) is 3.03. The zero-order valence-corrected chi connectivity index (χ0v) is 15.1. The van der Waals surface area contributed by atoms with E-state index in [1.54, 1.807) is 41.7 Å². The van der Waals surface area contributed by atoms with Crippen LogP contribution < -0.4 is 0 Å². The summed E-state index contributed by atoms with van der Waals surface area (Å²) in [6, 6.07) is 9.63. The maximum Gasteiger partial charge on any atom is 0.254 e. The average Bonchev–Trinajstić information content (AvgIpc) is 3.28. The zero-order valence-electron chi connectivity index (χ0n) is 15.1. The van der Waals surface area contributed by atoms with E-state index in [1.807, 2.05) is 23.1 Å². The molecular weight excluding hydrogens is 340 g/mol. The molecule has 1 amide bonds. The van der Waals surface area contributed by atoms with Crippen molar-refractivity contribution >= 4 is 5.91 Å². The Morgan fingerprint density at radius 2 is 1.85 bits per heavy atom. The molecule has 3 aromatic heterocycles. The molecule has 3 heterocycles. The molecule has 0 unspecified atom stereocenters. The minimum atomic E-state index is 0.0178. The van der Waals surface area contributed by atoms with Crippen LogP contribution in [0.4, 0.5) is 0 Å². The monoisotopic (exact) mass is 362 g/mol. The molecular formula is C20H22N6O. The van der Waals surface area contributed by atoms with Gasteiger partial charge in [-0.3, -0.25) is 14.3 Å². The first-order valence-corrected chi connectivity index (χ1v) is 9.33. The van der Waals surface area contributed by atoms with Crippen molar-refractivity contribution in [3.63, 3.8) is 0 Å². The molecule has 0 N–H and O–H groups in total. The fraction of sp³-hybridized carbons (Fsp3) is 0.350. The van der Waals surface area contributed by atoms with Gasteiger partial charge in [0.05, 0.1) is 12.2 Å². The third-order valence-electron chi connectivity index (χ3n) is 5.01. The van der Waals surface area contributed by atoms with Crippen molar-refractivity contribution in [3.05, 3.63) is 66.6 Å². The minimum absolute atomic E-state index is 0.0178. The van der Waals surface area contributed by atoms with Crippen molar-refractivity contribution in [1.29, 1.82) is 0 Å². The van der Waals surface area contributed by atoms with Gasteiger partial charge in [-0.2, -0.15) is 0 Å². The number of carbonyl (C=O) groups is 1. The molecule has 0 atom stereocenters. The first kappa shape index (κ1) is 17.3. The van der Waals surface area contributed by atoms with Gasteiger partial charge < -0.3 is 4.90 Å². The van der Waals surface area contributed by atoms with Gasteiger partial charge in [0, 0.05) is 24.0 Å². The molecule has 0 spiro atoms. The number of hydrogen-bond donors (Lipinski definition) is 0. The van der Waals surface area contributed by atoms with E-state index < -0.39 is 0 Å². The fourth-order valence-electron chi connectivity index (χ4n) is 3.60. The summed E-state index contributed by atoms with van der Waals surface area (Å²) >= 11 is 0. The first-order chi connectivity index (χ1) is 13.3. The molecule has 1 fully saturated rings. The summed E-state index contributed by atoms with van der Waals surface area (Å²) < 4.78 is 1.69. The highest BCUT2D eigenvalue weighted by Gasteiger charge is 2.27. The quantitative estimate of drug-likeness (QED) is 0.697. The standard InChI is InChI=1S/C20H22N6O/c27-20(16-9-11-22-19(12-16)25-14-23-24-15-25)26(18-7-2-1-3-8-18)13-17-6-4-5-10-21-17/h4-6,9-12,14-15,18H,1-3,7-8,13H2. The Balaban J connectivity index is 1.62. The van der Waals surface area contributed by atoms with Gasteiger partial charge in [0.2, 0.25) is 0 Å². The van der Waals surface area contributed by atoms with E-state index in [1.165, 1.54) is 19.3 Å². The van der Waals surface area contributed by atoms with Gasteiger partial charge in [-0.1, -0.05) is 25.3 Å². The molecule has 0 aliphatic heterocycles. The second kappa shape index (κ2) is 8.07. The highest BCUT2D eigenvalue weighted by molar-refractivity contribution is 5.94. The number of carbonyl (C=O) groups excluding carboxylic acids is 1. The maximum atomic E-state index is 13.4. The van der Waals surface area contributed by atoms with Crippen molar-refractivity contribution in [3.8, 4) is 5.82 Å². The summed E-state index contributed by atoms with van der Waals surface area (Å²) in [5.41, 5.74) is 1.53. The summed E-state index contributed by atoms with van der Waals surface area (Å²) in [4.78, 5) is 24.1. The lowest BCUT2D eigenvalue weighted by molar-refractivity contribution is 0.0611. The molecule has 4 rings (SSSR count).